The van der Waals surface area contributed by atoms with Crippen molar-refractivity contribution in [1.82, 2.24) is 15.5 Å². The summed E-state index contributed by atoms with van der Waals surface area (Å²) in [5.74, 6) is -0.843. The van der Waals surface area contributed by atoms with E-state index in [-0.39, 0.29) is 24.5 Å². The third-order valence-corrected chi connectivity index (χ3v) is 5.96. The summed E-state index contributed by atoms with van der Waals surface area (Å²) < 4.78 is 33.0. The van der Waals surface area contributed by atoms with E-state index in [1.807, 2.05) is 29.2 Å². The topological polar surface area (TPSA) is 70.7 Å². The first kappa shape index (κ1) is 22.2. The van der Waals surface area contributed by atoms with Crippen LogP contribution in [0.25, 0.3) is 0 Å². The molecule has 4 rings (SSSR count). The smallest absolute Gasteiger partial charge is 0.260 e. The summed E-state index contributed by atoms with van der Waals surface area (Å²) in [6, 6.07) is 10.1. The minimum absolute atomic E-state index is 0.00687. The maximum atomic E-state index is 13.7. The monoisotopic (exact) mass is 443 g/mol. The first-order chi connectivity index (χ1) is 15.5. The largest absolute Gasteiger partial charge is 0.484 e. The van der Waals surface area contributed by atoms with Crippen molar-refractivity contribution in [1.29, 1.82) is 0 Å². The van der Waals surface area contributed by atoms with E-state index >= 15 is 0 Å². The third-order valence-electron chi connectivity index (χ3n) is 5.96. The van der Waals surface area contributed by atoms with Gasteiger partial charge in [0.15, 0.2) is 6.61 Å². The first-order valence-electron chi connectivity index (χ1n) is 11.0. The molecule has 2 N–H and O–H groups in total. The molecule has 2 aliphatic rings. The first-order valence-corrected chi connectivity index (χ1v) is 11.0. The Morgan fingerprint density at radius 3 is 2.47 bits per heavy atom. The van der Waals surface area contributed by atoms with Crippen molar-refractivity contribution in [2.75, 3.05) is 19.7 Å². The highest BCUT2D eigenvalue weighted by atomic mass is 19.1. The zero-order chi connectivity index (χ0) is 22.5. The molecule has 2 aliphatic heterocycles. The van der Waals surface area contributed by atoms with Gasteiger partial charge < -0.3 is 20.3 Å². The van der Waals surface area contributed by atoms with Gasteiger partial charge in [-0.15, -0.1) is 0 Å². The number of ether oxygens (including phenoxy) is 1. The molecule has 2 saturated heterocycles. The van der Waals surface area contributed by atoms with Crippen LogP contribution in [0.3, 0.4) is 0 Å². The molecule has 2 fully saturated rings. The van der Waals surface area contributed by atoms with Crippen LogP contribution in [0.15, 0.2) is 42.5 Å². The highest BCUT2D eigenvalue weighted by molar-refractivity contribution is 5.78. The molecule has 2 aromatic carbocycles. The maximum absolute atomic E-state index is 13.7. The van der Waals surface area contributed by atoms with Crippen molar-refractivity contribution in [3.05, 3.63) is 65.2 Å². The zero-order valence-electron chi connectivity index (χ0n) is 17.8. The Labute approximate surface area is 185 Å². The molecule has 8 heteroatoms. The van der Waals surface area contributed by atoms with Gasteiger partial charge in [0.25, 0.3) is 5.91 Å². The molecule has 0 spiro atoms. The van der Waals surface area contributed by atoms with Crippen LogP contribution >= 0.6 is 0 Å². The average molecular weight is 443 g/mol. The van der Waals surface area contributed by atoms with Crippen LogP contribution in [0.4, 0.5) is 8.78 Å². The number of nitrogens with one attached hydrogen (secondary N) is 2. The Kier molecular flexibility index (Phi) is 6.99. The summed E-state index contributed by atoms with van der Waals surface area (Å²) in [4.78, 5) is 25.8. The van der Waals surface area contributed by atoms with E-state index in [9.17, 15) is 18.4 Å². The van der Waals surface area contributed by atoms with E-state index in [0.717, 1.165) is 37.6 Å². The minimum Gasteiger partial charge on any atom is -0.484 e. The van der Waals surface area contributed by atoms with E-state index in [4.69, 9.17) is 4.74 Å². The van der Waals surface area contributed by atoms with E-state index in [1.54, 1.807) is 0 Å². The van der Waals surface area contributed by atoms with Crippen LogP contribution in [-0.2, 0) is 16.1 Å². The highest BCUT2D eigenvalue weighted by Crippen LogP contribution is 2.26. The number of hydrogen-bond donors (Lipinski definition) is 2. The van der Waals surface area contributed by atoms with Crippen molar-refractivity contribution < 1.29 is 23.1 Å². The highest BCUT2D eigenvalue weighted by Gasteiger charge is 2.30. The molecule has 2 atom stereocenters. The summed E-state index contributed by atoms with van der Waals surface area (Å²) in [6.45, 7) is 2.16. The van der Waals surface area contributed by atoms with E-state index in [0.29, 0.717) is 30.7 Å². The zero-order valence-corrected chi connectivity index (χ0v) is 17.8. The van der Waals surface area contributed by atoms with Gasteiger partial charge in [-0.25, -0.2) is 8.78 Å². The molecule has 0 bridgehead atoms. The quantitative estimate of drug-likeness (QED) is 0.690. The van der Waals surface area contributed by atoms with Crippen LogP contribution in [-0.4, -0.2) is 42.5 Å². The molecule has 170 valence electrons. The standard InChI is InChI=1S/C24H27F2N3O3/c25-18-11-17(12-19(26)13-18)24-21(7-8-22(30)28-24)27-14-16-3-5-20(6-4-16)32-15-23(31)29-9-1-2-10-29/h3-6,11-13,21,24,27H,1-2,7-10,14-15H2,(H,28,30)/t21-,24+/m1/s1. The molecule has 6 nitrogen and oxygen atoms in total. The van der Waals surface area contributed by atoms with Gasteiger partial charge in [0.1, 0.15) is 17.4 Å². The fraction of sp³-hybridized carbons (Fsp3) is 0.417. The summed E-state index contributed by atoms with van der Waals surface area (Å²) >= 11 is 0. The number of carbonyl (C=O) groups excluding carboxylic acids is 2. The summed E-state index contributed by atoms with van der Waals surface area (Å²) in [5, 5.41) is 6.23. The Bertz CT molecular complexity index is 941. The molecule has 2 aromatic rings. The fourth-order valence-electron chi connectivity index (χ4n) is 4.25. The summed E-state index contributed by atoms with van der Waals surface area (Å²) in [6.07, 6.45) is 3.01. The second kappa shape index (κ2) is 10.1. The van der Waals surface area contributed by atoms with Gasteiger partial charge in [0.05, 0.1) is 6.04 Å². The number of amides is 2. The number of halogens is 2. The maximum Gasteiger partial charge on any atom is 0.260 e. The molecule has 0 aromatic heterocycles. The number of likely N-dealkylation sites (tertiary alicyclic amines) is 1. The summed E-state index contributed by atoms with van der Waals surface area (Å²) in [7, 11) is 0. The Morgan fingerprint density at radius 1 is 1.09 bits per heavy atom. The van der Waals surface area contributed by atoms with E-state index < -0.39 is 17.7 Å². The van der Waals surface area contributed by atoms with Crippen molar-refractivity contribution in [2.45, 2.75) is 44.3 Å². The summed E-state index contributed by atoms with van der Waals surface area (Å²) in [5.41, 5.74) is 1.39. The number of hydrogen-bond acceptors (Lipinski definition) is 4. The van der Waals surface area contributed by atoms with Gasteiger partial charge in [-0.2, -0.15) is 0 Å². The molecule has 2 amide bonds. The third kappa shape index (κ3) is 5.62. The van der Waals surface area contributed by atoms with Crippen LogP contribution in [0, 0.1) is 11.6 Å². The van der Waals surface area contributed by atoms with Crippen molar-refractivity contribution in [3.63, 3.8) is 0 Å². The molecule has 2 heterocycles. The van der Waals surface area contributed by atoms with Crippen LogP contribution in [0.5, 0.6) is 5.75 Å². The van der Waals surface area contributed by atoms with Gasteiger partial charge >= 0.3 is 0 Å². The fourth-order valence-corrected chi connectivity index (χ4v) is 4.25. The molecule has 32 heavy (non-hydrogen) atoms. The van der Waals surface area contributed by atoms with Crippen molar-refractivity contribution in [3.8, 4) is 5.75 Å². The predicted octanol–water partition coefficient (Wildman–Crippen LogP) is 3.08. The number of rotatable bonds is 7. The second-order valence-electron chi connectivity index (χ2n) is 8.29. The Hall–Kier alpha value is -3.00. The molecule has 0 aliphatic carbocycles. The van der Waals surface area contributed by atoms with Gasteiger partial charge in [-0.05, 0) is 54.7 Å². The van der Waals surface area contributed by atoms with Crippen LogP contribution in [0.1, 0.15) is 42.9 Å². The SMILES string of the molecule is O=C1CC[C@@H](NCc2ccc(OCC(=O)N3CCCC3)cc2)[C@H](c2cc(F)cc(F)c2)N1. The average Bonchev–Trinajstić information content (AvgIpc) is 3.32. The molecule has 0 saturated carbocycles. The van der Waals surface area contributed by atoms with Crippen LogP contribution in [0.2, 0.25) is 0 Å². The lowest BCUT2D eigenvalue weighted by Crippen LogP contribution is -2.48. The van der Waals surface area contributed by atoms with Gasteiger partial charge in [-0.1, -0.05) is 12.1 Å². The lowest BCUT2D eigenvalue weighted by Gasteiger charge is -2.33. The molecule has 0 radical (unpaired) electrons. The van der Waals surface area contributed by atoms with Crippen LogP contribution < -0.4 is 15.4 Å². The van der Waals surface area contributed by atoms with Crippen molar-refractivity contribution in [2.24, 2.45) is 0 Å². The molecule has 0 unspecified atom stereocenters. The minimum atomic E-state index is -0.669. The number of nitrogens with zero attached hydrogens (tertiary/aromatic N) is 1. The number of carbonyl (C=O) groups is 2. The van der Waals surface area contributed by atoms with Gasteiger partial charge in [-0.3, -0.25) is 9.59 Å². The van der Waals surface area contributed by atoms with Gasteiger partial charge in [0.2, 0.25) is 5.91 Å². The van der Waals surface area contributed by atoms with Gasteiger partial charge in [0, 0.05) is 38.2 Å². The van der Waals surface area contributed by atoms with E-state index in [1.165, 1.54) is 12.1 Å². The number of piperidine rings is 1. The Balaban J connectivity index is 1.33. The van der Waals surface area contributed by atoms with E-state index in [2.05, 4.69) is 10.6 Å². The second-order valence-corrected chi connectivity index (χ2v) is 8.29. The normalized spacial score (nSPS) is 20.8. The van der Waals surface area contributed by atoms with Crippen molar-refractivity contribution >= 4 is 11.8 Å². The predicted molar refractivity (Wildman–Crippen MR) is 115 cm³/mol. The molecular weight excluding hydrogens is 416 g/mol. The number of benzene rings is 2. The lowest BCUT2D eigenvalue weighted by molar-refractivity contribution is -0.132. The lowest BCUT2D eigenvalue weighted by atomic mass is 9.91. The Morgan fingerprint density at radius 2 is 1.78 bits per heavy atom. The molecular formula is C24H27F2N3O3.